The predicted octanol–water partition coefficient (Wildman–Crippen LogP) is 0.0192. The number of Topliss-reactive ketones (excluding diaryl/α,β-unsaturated/α-hetero) is 1. The van der Waals surface area contributed by atoms with E-state index < -0.39 is 17.6 Å². The normalized spacial score (nSPS) is 19.4. The molecular formula is C12H20N2O4. The number of ketones is 1. The van der Waals surface area contributed by atoms with Gasteiger partial charge in [-0.05, 0) is 20.8 Å². The number of hydrogen-bond acceptors (Lipinski definition) is 4. The third-order valence-electron chi connectivity index (χ3n) is 3.39. The van der Waals surface area contributed by atoms with E-state index in [-0.39, 0.29) is 11.7 Å². The lowest BCUT2D eigenvalue weighted by atomic mass is 9.97. The summed E-state index contributed by atoms with van der Waals surface area (Å²) in [5.74, 6) is -1.18. The molecule has 0 aliphatic carbocycles. The fourth-order valence-electron chi connectivity index (χ4n) is 1.89. The standard InChI is InChI=1S/C12H20N2O4/c1-8(10(16)17)13-11(18)12(2,3)14-6-4-9(15)5-7-14/h8H,4-7H2,1-3H3,(H,13,18)(H,16,17). The van der Waals surface area contributed by atoms with Crippen LogP contribution in [0.3, 0.4) is 0 Å². The molecule has 18 heavy (non-hydrogen) atoms. The van der Waals surface area contributed by atoms with Gasteiger partial charge in [0.15, 0.2) is 0 Å². The summed E-state index contributed by atoms with van der Waals surface area (Å²) in [4.78, 5) is 35.8. The van der Waals surface area contributed by atoms with Crippen LogP contribution in [0, 0.1) is 0 Å². The third kappa shape index (κ3) is 3.29. The van der Waals surface area contributed by atoms with Crippen LogP contribution in [0.25, 0.3) is 0 Å². The molecule has 6 nitrogen and oxygen atoms in total. The highest BCUT2D eigenvalue weighted by molar-refractivity contribution is 5.89. The Bertz CT molecular complexity index is 355. The maximum atomic E-state index is 12.1. The Hall–Kier alpha value is -1.43. The minimum atomic E-state index is -1.06. The number of piperidine rings is 1. The van der Waals surface area contributed by atoms with Gasteiger partial charge in [-0.2, -0.15) is 0 Å². The largest absolute Gasteiger partial charge is 0.480 e. The summed E-state index contributed by atoms with van der Waals surface area (Å²) in [6, 6.07) is -0.914. The van der Waals surface area contributed by atoms with Crippen LogP contribution >= 0.6 is 0 Å². The van der Waals surface area contributed by atoms with Gasteiger partial charge in [-0.15, -0.1) is 0 Å². The molecule has 1 amide bonds. The van der Waals surface area contributed by atoms with Crippen molar-refractivity contribution in [2.24, 2.45) is 0 Å². The van der Waals surface area contributed by atoms with E-state index in [0.717, 1.165) is 0 Å². The van der Waals surface area contributed by atoms with Crippen molar-refractivity contribution < 1.29 is 19.5 Å². The molecule has 0 radical (unpaired) electrons. The monoisotopic (exact) mass is 256 g/mol. The van der Waals surface area contributed by atoms with Crippen molar-refractivity contribution >= 4 is 17.7 Å². The highest BCUT2D eigenvalue weighted by atomic mass is 16.4. The SMILES string of the molecule is CC(NC(=O)C(C)(C)N1CCC(=O)CC1)C(=O)O. The lowest BCUT2D eigenvalue weighted by molar-refractivity contribution is -0.144. The molecule has 1 saturated heterocycles. The number of carbonyl (C=O) groups is 3. The summed E-state index contributed by atoms with van der Waals surface area (Å²) in [6.45, 7) is 6.00. The third-order valence-corrected chi connectivity index (χ3v) is 3.39. The van der Waals surface area contributed by atoms with E-state index in [2.05, 4.69) is 5.32 Å². The second-order valence-corrected chi connectivity index (χ2v) is 5.12. The topological polar surface area (TPSA) is 86.7 Å². The molecule has 1 heterocycles. The van der Waals surface area contributed by atoms with Crippen LogP contribution in [0.1, 0.15) is 33.6 Å². The fraction of sp³-hybridized carbons (Fsp3) is 0.750. The molecule has 0 bridgehead atoms. The summed E-state index contributed by atoms with van der Waals surface area (Å²) in [5, 5.41) is 11.2. The Labute approximate surface area is 106 Å². The average Bonchev–Trinajstić information content (AvgIpc) is 2.29. The Balaban J connectivity index is 2.64. The predicted molar refractivity (Wildman–Crippen MR) is 65.1 cm³/mol. The number of likely N-dealkylation sites (tertiary alicyclic amines) is 1. The zero-order valence-corrected chi connectivity index (χ0v) is 11.0. The molecule has 1 aliphatic heterocycles. The van der Waals surface area contributed by atoms with Gasteiger partial charge in [0.1, 0.15) is 11.8 Å². The van der Waals surface area contributed by atoms with Gasteiger partial charge >= 0.3 is 5.97 Å². The molecule has 102 valence electrons. The lowest BCUT2D eigenvalue weighted by Crippen LogP contribution is -2.59. The van der Waals surface area contributed by atoms with E-state index in [4.69, 9.17) is 5.11 Å². The molecule has 1 atom stereocenters. The smallest absolute Gasteiger partial charge is 0.325 e. The number of amides is 1. The molecular weight excluding hydrogens is 236 g/mol. The van der Waals surface area contributed by atoms with Crippen molar-refractivity contribution in [2.75, 3.05) is 13.1 Å². The minimum Gasteiger partial charge on any atom is -0.480 e. The van der Waals surface area contributed by atoms with E-state index in [1.807, 2.05) is 4.90 Å². The maximum Gasteiger partial charge on any atom is 0.325 e. The van der Waals surface area contributed by atoms with Gasteiger partial charge in [-0.3, -0.25) is 19.3 Å². The fourth-order valence-corrected chi connectivity index (χ4v) is 1.89. The summed E-state index contributed by atoms with van der Waals surface area (Å²) in [7, 11) is 0. The number of nitrogens with one attached hydrogen (secondary N) is 1. The van der Waals surface area contributed by atoms with E-state index in [1.54, 1.807) is 13.8 Å². The van der Waals surface area contributed by atoms with Crippen molar-refractivity contribution in [3.05, 3.63) is 0 Å². The van der Waals surface area contributed by atoms with Gasteiger partial charge in [-0.25, -0.2) is 0 Å². The van der Waals surface area contributed by atoms with Crippen LogP contribution < -0.4 is 5.32 Å². The van der Waals surface area contributed by atoms with Crippen molar-refractivity contribution in [3.63, 3.8) is 0 Å². The van der Waals surface area contributed by atoms with Crippen LogP contribution in [-0.4, -0.2) is 52.3 Å². The number of carboxylic acids is 1. The van der Waals surface area contributed by atoms with Gasteiger partial charge in [0.2, 0.25) is 5.91 Å². The zero-order valence-electron chi connectivity index (χ0n) is 11.0. The molecule has 0 aromatic heterocycles. The van der Waals surface area contributed by atoms with Gasteiger partial charge in [0.25, 0.3) is 0 Å². The molecule has 0 saturated carbocycles. The Morgan fingerprint density at radius 2 is 1.83 bits per heavy atom. The minimum absolute atomic E-state index is 0.210. The van der Waals surface area contributed by atoms with Crippen molar-refractivity contribution in [3.8, 4) is 0 Å². The first-order valence-corrected chi connectivity index (χ1v) is 6.05. The Morgan fingerprint density at radius 1 is 1.33 bits per heavy atom. The van der Waals surface area contributed by atoms with E-state index in [1.165, 1.54) is 6.92 Å². The first-order chi connectivity index (χ1) is 8.25. The van der Waals surface area contributed by atoms with E-state index in [0.29, 0.717) is 25.9 Å². The first kappa shape index (κ1) is 14.6. The molecule has 0 aromatic carbocycles. The Morgan fingerprint density at radius 3 is 2.28 bits per heavy atom. The zero-order chi connectivity index (χ0) is 13.9. The van der Waals surface area contributed by atoms with Crippen LogP contribution in [0.15, 0.2) is 0 Å². The highest BCUT2D eigenvalue weighted by Crippen LogP contribution is 2.19. The van der Waals surface area contributed by atoms with Gasteiger partial charge in [0.05, 0.1) is 5.54 Å². The number of nitrogens with zero attached hydrogens (tertiary/aromatic N) is 1. The molecule has 2 N–H and O–H groups in total. The van der Waals surface area contributed by atoms with E-state index >= 15 is 0 Å². The molecule has 1 unspecified atom stereocenters. The maximum absolute atomic E-state index is 12.1. The molecule has 6 heteroatoms. The summed E-state index contributed by atoms with van der Waals surface area (Å²) in [6.07, 6.45) is 0.899. The van der Waals surface area contributed by atoms with Crippen LogP contribution in [0.4, 0.5) is 0 Å². The number of hydrogen-bond donors (Lipinski definition) is 2. The van der Waals surface area contributed by atoms with Crippen LogP contribution in [0.2, 0.25) is 0 Å². The lowest BCUT2D eigenvalue weighted by Gasteiger charge is -2.39. The second kappa shape index (κ2) is 5.48. The van der Waals surface area contributed by atoms with E-state index in [9.17, 15) is 14.4 Å². The van der Waals surface area contributed by atoms with Crippen molar-refractivity contribution in [1.29, 1.82) is 0 Å². The van der Waals surface area contributed by atoms with Crippen molar-refractivity contribution in [1.82, 2.24) is 10.2 Å². The average molecular weight is 256 g/mol. The van der Waals surface area contributed by atoms with Crippen LogP contribution in [0.5, 0.6) is 0 Å². The molecule has 1 aliphatic rings. The summed E-state index contributed by atoms with van der Waals surface area (Å²) >= 11 is 0. The summed E-state index contributed by atoms with van der Waals surface area (Å²) in [5.41, 5.74) is -0.801. The van der Waals surface area contributed by atoms with Crippen molar-refractivity contribution in [2.45, 2.75) is 45.2 Å². The molecule has 0 spiro atoms. The molecule has 1 rings (SSSR count). The molecule has 1 fully saturated rings. The van der Waals surface area contributed by atoms with Gasteiger partial charge < -0.3 is 10.4 Å². The second-order valence-electron chi connectivity index (χ2n) is 5.12. The van der Waals surface area contributed by atoms with Crippen LogP contribution in [-0.2, 0) is 14.4 Å². The quantitative estimate of drug-likeness (QED) is 0.740. The number of carbonyl (C=O) groups excluding carboxylic acids is 2. The first-order valence-electron chi connectivity index (χ1n) is 6.05. The summed E-state index contributed by atoms with van der Waals surface area (Å²) < 4.78 is 0. The highest BCUT2D eigenvalue weighted by Gasteiger charge is 2.37. The molecule has 0 aromatic rings. The number of rotatable bonds is 4. The number of carboxylic acid groups (broad SMARTS) is 1. The number of aliphatic carboxylic acids is 1. The van der Waals surface area contributed by atoms with Gasteiger partial charge in [0, 0.05) is 25.9 Å². The van der Waals surface area contributed by atoms with Gasteiger partial charge in [-0.1, -0.05) is 0 Å². The Kier molecular flexibility index (Phi) is 4.45.